The molecule has 1 N–H and O–H groups in total. The standard InChI is InChI=1S/C30H27F3N6O3S/c1-18-5-4-6-19(2)26(18)39-25(40)16-43-29(39)36-28(41)35-20(3)15-21-7-9-22(10-8-21)27-34-17-38(37-27)23-11-13-24(14-12-23)42-30(31,32)33/h4-14,17,20H,15-16H2,1-3H3,(H,35,41)/b36-29-. The van der Waals surface area contributed by atoms with Crippen LogP contribution in [-0.4, -0.2) is 50.0 Å². The van der Waals surface area contributed by atoms with Crippen LogP contribution in [0.5, 0.6) is 5.75 Å². The summed E-state index contributed by atoms with van der Waals surface area (Å²) in [6.45, 7) is 5.71. The highest BCUT2D eigenvalue weighted by atomic mass is 32.2. The Morgan fingerprint density at radius 1 is 1.07 bits per heavy atom. The van der Waals surface area contributed by atoms with E-state index in [1.54, 1.807) is 0 Å². The summed E-state index contributed by atoms with van der Waals surface area (Å²) in [7, 11) is 0. The van der Waals surface area contributed by atoms with Crippen molar-refractivity contribution in [1.29, 1.82) is 0 Å². The lowest BCUT2D eigenvalue weighted by Gasteiger charge is -2.21. The molecule has 0 spiro atoms. The first-order chi connectivity index (χ1) is 20.5. The highest BCUT2D eigenvalue weighted by molar-refractivity contribution is 8.15. The van der Waals surface area contributed by atoms with Crippen molar-refractivity contribution in [3.63, 3.8) is 0 Å². The number of nitrogens with one attached hydrogen (secondary N) is 1. The molecule has 1 fully saturated rings. The first-order valence-electron chi connectivity index (χ1n) is 13.2. The third-order valence-electron chi connectivity index (χ3n) is 6.58. The number of halogens is 3. The highest BCUT2D eigenvalue weighted by Crippen LogP contribution is 2.32. The molecule has 1 aliphatic rings. The van der Waals surface area contributed by atoms with Gasteiger partial charge in [0, 0.05) is 11.6 Å². The van der Waals surface area contributed by atoms with Gasteiger partial charge in [0.25, 0.3) is 0 Å². The summed E-state index contributed by atoms with van der Waals surface area (Å²) >= 11 is 1.24. The van der Waals surface area contributed by atoms with Gasteiger partial charge in [0.1, 0.15) is 12.1 Å². The number of anilines is 1. The fourth-order valence-electron chi connectivity index (χ4n) is 4.67. The van der Waals surface area contributed by atoms with Gasteiger partial charge in [-0.25, -0.2) is 14.5 Å². The number of thioether (sulfide) groups is 1. The quantitative estimate of drug-likeness (QED) is 0.267. The number of carbonyl (C=O) groups excluding carboxylic acids is 2. The molecule has 5 rings (SSSR count). The van der Waals surface area contributed by atoms with Crippen molar-refractivity contribution < 1.29 is 27.5 Å². The zero-order chi connectivity index (χ0) is 30.7. The Bertz CT molecular complexity index is 1650. The van der Waals surface area contributed by atoms with Crippen molar-refractivity contribution in [3.05, 3.63) is 89.7 Å². The van der Waals surface area contributed by atoms with E-state index in [1.165, 1.54) is 51.9 Å². The number of aromatic nitrogens is 3. The lowest BCUT2D eigenvalue weighted by molar-refractivity contribution is -0.274. The summed E-state index contributed by atoms with van der Waals surface area (Å²) in [6, 6.07) is 17.8. The van der Waals surface area contributed by atoms with Crippen LogP contribution in [0.15, 0.2) is 78.0 Å². The SMILES string of the molecule is Cc1cccc(C)c1N1C(=O)CS/C1=N\C(=O)NC(C)Cc1ccc(-c2ncn(-c3ccc(OC(F)(F)F)cc3)n2)cc1. The molecule has 13 heteroatoms. The number of hydrogen-bond donors (Lipinski definition) is 1. The van der Waals surface area contributed by atoms with Crippen molar-refractivity contribution in [2.45, 2.75) is 39.6 Å². The number of para-hydroxylation sites is 1. The van der Waals surface area contributed by atoms with Gasteiger partial charge in [-0.1, -0.05) is 54.2 Å². The van der Waals surface area contributed by atoms with E-state index < -0.39 is 12.4 Å². The molecule has 1 aromatic heterocycles. The van der Waals surface area contributed by atoms with E-state index >= 15 is 0 Å². The maximum atomic E-state index is 12.8. The summed E-state index contributed by atoms with van der Waals surface area (Å²) in [5.74, 6) is 0.223. The number of benzene rings is 3. The lowest BCUT2D eigenvalue weighted by Crippen LogP contribution is -2.35. The molecular weight excluding hydrogens is 581 g/mol. The molecule has 43 heavy (non-hydrogen) atoms. The lowest BCUT2D eigenvalue weighted by atomic mass is 10.1. The van der Waals surface area contributed by atoms with Crippen LogP contribution >= 0.6 is 11.8 Å². The van der Waals surface area contributed by atoms with Gasteiger partial charge in [0.15, 0.2) is 11.0 Å². The van der Waals surface area contributed by atoms with Crippen LogP contribution < -0.4 is 15.0 Å². The van der Waals surface area contributed by atoms with E-state index in [9.17, 15) is 22.8 Å². The summed E-state index contributed by atoms with van der Waals surface area (Å²) in [5, 5.41) is 7.65. The van der Waals surface area contributed by atoms with Crippen LogP contribution in [-0.2, 0) is 11.2 Å². The average molecular weight is 609 g/mol. The topological polar surface area (TPSA) is 102 Å². The van der Waals surface area contributed by atoms with Gasteiger partial charge in [0.2, 0.25) is 5.91 Å². The van der Waals surface area contributed by atoms with Crippen LogP contribution in [0.2, 0.25) is 0 Å². The maximum absolute atomic E-state index is 12.8. The Labute approximate surface area is 249 Å². The molecule has 0 saturated carbocycles. The molecule has 0 bridgehead atoms. The molecule has 2 heterocycles. The Kier molecular flexibility index (Phi) is 8.53. The minimum Gasteiger partial charge on any atom is -0.406 e. The number of carbonyl (C=O) groups is 2. The number of alkyl halides is 3. The average Bonchev–Trinajstić information content (AvgIpc) is 3.56. The molecule has 3 amide bonds. The normalized spacial score (nSPS) is 15.2. The Balaban J connectivity index is 1.19. The van der Waals surface area contributed by atoms with Gasteiger partial charge in [-0.3, -0.25) is 9.69 Å². The van der Waals surface area contributed by atoms with Crippen LogP contribution in [0, 0.1) is 13.8 Å². The van der Waals surface area contributed by atoms with Crippen molar-refractivity contribution >= 4 is 34.6 Å². The molecule has 0 radical (unpaired) electrons. The molecule has 3 aromatic carbocycles. The number of hydrogen-bond acceptors (Lipinski definition) is 6. The minimum atomic E-state index is -4.76. The fraction of sp³-hybridized carbons (Fsp3) is 0.233. The second-order valence-corrected chi connectivity index (χ2v) is 10.9. The number of ether oxygens (including phenoxy) is 1. The van der Waals surface area contributed by atoms with E-state index in [0.717, 1.165) is 27.9 Å². The van der Waals surface area contributed by atoms with Crippen molar-refractivity contribution in [2.24, 2.45) is 4.99 Å². The van der Waals surface area contributed by atoms with Crippen LogP contribution in [0.25, 0.3) is 17.1 Å². The van der Waals surface area contributed by atoms with Gasteiger partial charge in [-0.05, 0) is 68.1 Å². The van der Waals surface area contributed by atoms with Gasteiger partial charge >= 0.3 is 12.4 Å². The number of urea groups is 1. The summed E-state index contributed by atoms with van der Waals surface area (Å²) in [5.41, 5.74) is 4.84. The van der Waals surface area contributed by atoms with E-state index in [1.807, 2.05) is 63.2 Å². The van der Waals surface area contributed by atoms with E-state index in [0.29, 0.717) is 23.1 Å². The predicted octanol–water partition coefficient (Wildman–Crippen LogP) is 6.23. The van der Waals surface area contributed by atoms with Crippen molar-refractivity contribution in [2.75, 3.05) is 10.7 Å². The third-order valence-corrected chi connectivity index (χ3v) is 7.50. The molecule has 4 aromatic rings. The van der Waals surface area contributed by atoms with Gasteiger partial charge < -0.3 is 10.1 Å². The maximum Gasteiger partial charge on any atom is 0.573 e. The first kappa shape index (κ1) is 29.8. The van der Waals surface area contributed by atoms with E-state index in [4.69, 9.17) is 0 Å². The zero-order valence-electron chi connectivity index (χ0n) is 23.4. The molecule has 1 unspecified atom stereocenters. The second-order valence-electron chi connectivity index (χ2n) is 9.96. The Morgan fingerprint density at radius 3 is 2.40 bits per heavy atom. The molecule has 9 nitrogen and oxygen atoms in total. The molecule has 1 aliphatic heterocycles. The smallest absolute Gasteiger partial charge is 0.406 e. The largest absolute Gasteiger partial charge is 0.573 e. The summed E-state index contributed by atoms with van der Waals surface area (Å²) in [4.78, 5) is 35.4. The fourth-order valence-corrected chi connectivity index (χ4v) is 5.52. The molecule has 222 valence electrons. The minimum absolute atomic E-state index is 0.116. The molecule has 1 atom stereocenters. The van der Waals surface area contributed by atoms with E-state index in [-0.39, 0.29) is 23.5 Å². The number of amidine groups is 1. The van der Waals surface area contributed by atoms with Crippen LogP contribution in [0.4, 0.5) is 23.7 Å². The number of rotatable bonds is 7. The third kappa shape index (κ3) is 7.23. The number of aryl methyl sites for hydroxylation is 2. The highest BCUT2D eigenvalue weighted by Gasteiger charge is 2.33. The van der Waals surface area contributed by atoms with Crippen LogP contribution in [0.3, 0.4) is 0 Å². The Hall–Kier alpha value is -4.65. The zero-order valence-corrected chi connectivity index (χ0v) is 24.2. The predicted molar refractivity (Wildman–Crippen MR) is 158 cm³/mol. The monoisotopic (exact) mass is 608 g/mol. The first-order valence-corrected chi connectivity index (χ1v) is 14.2. The Morgan fingerprint density at radius 2 is 1.74 bits per heavy atom. The van der Waals surface area contributed by atoms with Gasteiger partial charge in [-0.2, -0.15) is 4.99 Å². The second kappa shape index (κ2) is 12.3. The number of amides is 3. The summed E-state index contributed by atoms with van der Waals surface area (Å²) in [6.07, 6.45) is -2.75. The van der Waals surface area contributed by atoms with Gasteiger partial charge in [-0.15, -0.1) is 18.3 Å². The molecular formula is C30H27F3N6O3S. The van der Waals surface area contributed by atoms with E-state index in [2.05, 4.69) is 25.1 Å². The molecule has 1 saturated heterocycles. The van der Waals surface area contributed by atoms with Crippen molar-refractivity contribution in [1.82, 2.24) is 20.1 Å². The van der Waals surface area contributed by atoms with Crippen LogP contribution in [0.1, 0.15) is 23.6 Å². The van der Waals surface area contributed by atoms with Gasteiger partial charge in [0.05, 0.1) is 17.1 Å². The molecule has 0 aliphatic carbocycles. The summed E-state index contributed by atoms with van der Waals surface area (Å²) < 4.78 is 42.6. The number of nitrogens with zero attached hydrogens (tertiary/aromatic N) is 5. The number of aliphatic imine (C=N–C) groups is 1. The van der Waals surface area contributed by atoms with Crippen molar-refractivity contribution in [3.8, 4) is 22.8 Å².